The third-order valence-electron chi connectivity index (χ3n) is 3.47. The van der Waals surface area contributed by atoms with Crippen molar-refractivity contribution in [2.75, 3.05) is 0 Å². The Morgan fingerprint density at radius 2 is 1.59 bits per heavy atom. The van der Waals surface area contributed by atoms with E-state index in [1.165, 1.54) is 0 Å². The molecule has 0 N–H and O–H groups in total. The molecule has 1 aromatic heterocycles. The van der Waals surface area contributed by atoms with E-state index in [-0.39, 0.29) is 35.1 Å². The fraction of sp³-hybridized carbons (Fsp3) is 0.188. The standard InChI is InChI=1S/C16H12ClN3O2/c1-8-9(2)19-15-14(18-8)13(21)7-12(16(15)22)20-11-5-3-10(17)4-6-11/h3-6H,7H2,1-2H3. The molecule has 5 nitrogen and oxygen atoms in total. The first kappa shape index (κ1) is 14.5. The van der Waals surface area contributed by atoms with Crippen LogP contribution < -0.4 is 0 Å². The van der Waals surface area contributed by atoms with Crippen molar-refractivity contribution >= 4 is 34.6 Å². The number of aryl methyl sites for hydroxylation is 2. The zero-order valence-corrected chi connectivity index (χ0v) is 12.8. The van der Waals surface area contributed by atoms with Crippen molar-refractivity contribution in [3.05, 3.63) is 52.1 Å². The number of ketones is 2. The van der Waals surface area contributed by atoms with Gasteiger partial charge in [0.05, 0.1) is 29.2 Å². The monoisotopic (exact) mass is 313 g/mol. The lowest BCUT2D eigenvalue weighted by Crippen LogP contribution is -2.30. The molecular weight excluding hydrogens is 302 g/mol. The van der Waals surface area contributed by atoms with Gasteiger partial charge in [-0.3, -0.25) is 9.59 Å². The molecule has 1 heterocycles. The van der Waals surface area contributed by atoms with E-state index < -0.39 is 0 Å². The van der Waals surface area contributed by atoms with E-state index in [0.29, 0.717) is 22.1 Å². The number of nitrogens with zero attached hydrogens (tertiary/aromatic N) is 3. The first-order chi connectivity index (χ1) is 10.5. The van der Waals surface area contributed by atoms with Gasteiger partial charge in [-0.05, 0) is 38.1 Å². The minimum absolute atomic E-state index is 0.0638. The minimum Gasteiger partial charge on any atom is -0.292 e. The van der Waals surface area contributed by atoms with Crippen LogP contribution in [0.2, 0.25) is 5.02 Å². The Balaban J connectivity index is 2.06. The fourth-order valence-electron chi connectivity index (χ4n) is 2.17. The molecule has 0 atom stereocenters. The van der Waals surface area contributed by atoms with Gasteiger partial charge in [-0.2, -0.15) is 0 Å². The molecule has 3 rings (SSSR count). The zero-order chi connectivity index (χ0) is 15.9. The van der Waals surface area contributed by atoms with Crippen LogP contribution in [0.4, 0.5) is 5.69 Å². The summed E-state index contributed by atoms with van der Waals surface area (Å²) in [5.74, 6) is -0.585. The third-order valence-corrected chi connectivity index (χ3v) is 3.72. The maximum atomic E-state index is 12.5. The summed E-state index contributed by atoms with van der Waals surface area (Å²) in [5.41, 5.74) is 2.26. The number of benzene rings is 1. The van der Waals surface area contributed by atoms with Gasteiger partial charge < -0.3 is 0 Å². The molecule has 110 valence electrons. The summed E-state index contributed by atoms with van der Waals surface area (Å²) in [6.07, 6.45) is -0.0638. The second-order valence-corrected chi connectivity index (χ2v) is 5.49. The second-order valence-electron chi connectivity index (χ2n) is 5.06. The van der Waals surface area contributed by atoms with Crippen LogP contribution in [0.15, 0.2) is 29.3 Å². The molecule has 0 spiro atoms. The minimum atomic E-state index is -0.347. The maximum Gasteiger partial charge on any atom is 0.228 e. The number of rotatable bonds is 1. The summed E-state index contributed by atoms with van der Waals surface area (Å²) in [5, 5.41) is 0.581. The van der Waals surface area contributed by atoms with E-state index in [1.54, 1.807) is 38.1 Å². The van der Waals surface area contributed by atoms with Crippen LogP contribution >= 0.6 is 11.6 Å². The van der Waals surface area contributed by atoms with Crippen molar-refractivity contribution in [2.24, 2.45) is 4.99 Å². The highest BCUT2D eigenvalue weighted by atomic mass is 35.5. The highest BCUT2D eigenvalue weighted by Gasteiger charge is 2.32. The lowest BCUT2D eigenvalue weighted by Gasteiger charge is -2.15. The van der Waals surface area contributed by atoms with Crippen molar-refractivity contribution in [1.29, 1.82) is 0 Å². The SMILES string of the molecule is Cc1nc2c(nc1C)C(=O)C(=Nc1ccc(Cl)cc1)CC2=O. The molecule has 0 unspecified atom stereocenters. The van der Waals surface area contributed by atoms with Crippen molar-refractivity contribution in [2.45, 2.75) is 20.3 Å². The molecular formula is C16H12ClN3O2. The summed E-state index contributed by atoms with van der Waals surface area (Å²) < 4.78 is 0. The zero-order valence-electron chi connectivity index (χ0n) is 12.1. The van der Waals surface area contributed by atoms with Gasteiger partial charge in [0.15, 0.2) is 5.78 Å². The van der Waals surface area contributed by atoms with Gasteiger partial charge in [0.25, 0.3) is 0 Å². The second kappa shape index (κ2) is 5.42. The van der Waals surface area contributed by atoms with E-state index in [9.17, 15) is 9.59 Å². The normalized spacial score (nSPS) is 16.0. The van der Waals surface area contributed by atoms with Crippen LogP contribution in [0.3, 0.4) is 0 Å². The fourth-order valence-corrected chi connectivity index (χ4v) is 2.30. The summed E-state index contributed by atoms with van der Waals surface area (Å²) >= 11 is 5.82. The summed E-state index contributed by atoms with van der Waals surface area (Å²) in [6, 6.07) is 6.73. The molecule has 0 bridgehead atoms. The number of aromatic nitrogens is 2. The molecule has 22 heavy (non-hydrogen) atoms. The highest BCUT2D eigenvalue weighted by molar-refractivity contribution is 6.52. The number of fused-ring (bicyclic) bond motifs is 1. The third kappa shape index (κ3) is 2.55. The van der Waals surface area contributed by atoms with Gasteiger partial charge in [0, 0.05) is 5.02 Å². The van der Waals surface area contributed by atoms with E-state index in [1.807, 2.05) is 0 Å². The Hall–Kier alpha value is -2.40. The number of hydrogen-bond acceptors (Lipinski definition) is 5. The molecule has 0 saturated heterocycles. The smallest absolute Gasteiger partial charge is 0.228 e. The average Bonchev–Trinajstić information content (AvgIpc) is 2.49. The highest BCUT2D eigenvalue weighted by Crippen LogP contribution is 2.22. The lowest BCUT2D eigenvalue weighted by molar-refractivity contribution is 0.0957. The molecule has 6 heteroatoms. The number of carbonyl (C=O) groups excluding carboxylic acids is 2. The van der Waals surface area contributed by atoms with Gasteiger partial charge in [-0.15, -0.1) is 0 Å². The Morgan fingerprint density at radius 3 is 2.23 bits per heavy atom. The average molecular weight is 314 g/mol. The molecule has 0 saturated carbocycles. The largest absolute Gasteiger partial charge is 0.292 e. The molecule has 1 aliphatic rings. The first-order valence-electron chi connectivity index (χ1n) is 6.72. The van der Waals surface area contributed by atoms with E-state index in [4.69, 9.17) is 11.6 Å². The molecule has 0 amide bonds. The maximum absolute atomic E-state index is 12.5. The van der Waals surface area contributed by atoms with Crippen LogP contribution in [0.5, 0.6) is 0 Å². The number of hydrogen-bond donors (Lipinski definition) is 0. The van der Waals surface area contributed by atoms with Gasteiger partial charge in [-0.25, -0.2) is 15.0 Å². The Kier molecular flexibility index (Phi) is 3.58. The Bertz CT molecular complexity index is 826. The summed E-state index contributed by atoms with van der Waals surface area (Å²) in [7, 11) is 0. The number of aliphatic imine (C=N–C) groups is 1. The Morgan fingerprint density at radius 1 is 1.00 bits per heavy atom. The van der Waals surface area contributed by atoms with Gasteiger partial charge in [0.2, 0.25) is 5.78 Å². The number of Topliss-reactive ketones (excluding diaryl/α,β-unsaturated/α-hetero) is 2. The van der Waals surface area contributed by atoms with Crippen LogP contribution in [0.1, 0.15) is 38.8 Å². The van der Waals surface area contributed by atoms with Crippen LogP contribution in [-0.2, 0) is 0 Å². The molecule has 1 aromatic carbocycles. The number of halogens is 1. The first-order valence-corrected chi connectivity index (χ1v) is 7.10. The van der Waals surface area contributed by atoms with Crippen LogP contribution in [0.25, 0.3) is 0 Å². The van der Waals surface area contributed by atoms with Gasteiger partial charge >= 0.3 is 0 Å². The Labute approximate surface area is 132 Å². The summed E-state index contributed by atoms with van der Waals surface area (Å²) in [6.45, 7) is 3.52. The van der Waals surface area contributed by atoms with E-state index >= 15 is 0 Å². The molecule has 0 radical (unpaired) electrons. The van der Waals surface area contributed by atoms with Crippen LogP contribution in [-0.4, -0.2) is 27.2 Å². The topological polar surface area (TPSA) is 72.3 Å². The molecule has 1 aliphatic carbocycles. The molecule has 2 aromatic rings. The van der Waals surface area contributed by atoms with E-state index in [2.05, 4.69) is 15.0 Å². The van der Waals surface area contributed by atoms with Crippen molar-refractivity contribution in [3.8, 4) is 0 Å². The molecule has 0 fully saturated rings. The van der Waals surface area contributed by atoms with Gasteiger partial charge in [-0.1, -0.05) is 11.6 Å². The van der Waals surface area contributed by atoms with Crippen molar-refractivity contribution in [1.82, 2.24) is 9.97 Å². The predicted molar refractivity (Wildman–Crippen MR) is 83.3 cm³/mol. The van der Waals surface area contributed by atoms with Crippen molar-refractivity contribution < 1.29 is 9.59 Å². The molecule has 0 aliphatic heterocycles. The quantitative estimate of drug-likeness (QED) is 0.810. The lowest BCUT2D eigenvalue weighted by atomic mass is 9.95. The van der Waals surface area contributed by atoms with Crippen molar-refractivity contribution in [3.63, 3.8) is 0 Å². The van der Waals surface area contributed by atoms with Gasteiger partial charge in [0.1, 0.15) is 11.4 Å². The van der Waals surface area contributed by atoms with E-state index in [0.717, 1.165) is 0 Å². The number of carbonyl (C=O) groups is 2. The van der Waals surface area contributed by atoms with Crippen LogP contribution in [0, 0.1) is 13.8 Å². The summed E-state index contributed by atoms with van der Waals surface area (Å²) in [4.78, 5) is 37.3. The predicted octanol–water partition coefficient (Wildman–Crippen LogP) is 3.29.